The fourth-order valence-electron chi connectivity index (χ4n) is 8.29. The maximum absolute atomic E-state index is 14.4. The van der Waals surface area contributed by atoms with E-state index in [0.29, 0.717) is 37.2 Å². The summed E-state index contributed by atoms with van der Waals surface area (Å²) < 4.78 is 33.8. The highest BCUT2D eigenvalue weighted by Gasteiger charge is 2.44. The van der Waals surface area contributed by atoms with Crippen LogP contribution in [0.25, 0.3) is 0 Å². The van der Waals surface area contributed by atoms with Crippen molar-refractivity contribution in [1.82, 2.24) is 9.62 Å². The standard InChI is InChI=1S/C37H44ClN5O5S/c1-24-5-3-7-33(47-2)30-11-8-28(30)20-43-22-37(14-4-6-26-15-29(38)10-12-31(26)37)23-48-34-13-9-27(16-32(34)43)35(44)40-49(46,21-24)41-36(45)42-18-25(17-39)19-42/h3,7,9-10,12-13,15-16,24-25,28,30,33H,4-6,8,11,14,18-23H2,1-2H3,(H,40,41,44,45,46)/b7-3+/t24-,28-,30+,33-,37-,49-/m0/s1. The number of urea groups is 1. The van der Waals surface area contributed by atoms with Crippen molar-refractivity contribution in [2.45, 2.75) is 57.0 Å². The van der Waals surface area contributed by atoms with Crippen LogP contribution in [0, 0.1) is 35.0 Å². The molecule has 6 atom stereocenters. The summed E-state index contributed by atoms with van der Waals surface area (Å²) >= 11 is 6.44. The van der Waals surface area contributed by atoms with E-state index in [1.807, 2.05) is 25.1 Å². The van der Waals surface area contributed by atoms with E-state index in [0.717, 1.165) is 49.4 Å². The van der Waals surface area contributed by atoms with Crippen molar-refractivity contribution in [3.8, 4) is 11.8 Å². The van der Waals surface area contributed by atoms with Gasteiger partial charge in [-0.2, -0.15) is 5.26 Å². The molecule has 12 heteroatoms. The van der Waals surface area contributed by atoms with Crippen molar-refractivity contribution < 1.29 is 23.3 Å². The van der Waals surface area contributed by atoms with Crippen LogP contribution in [0.3, 0.4) is 0 Å². The van der Waals surface area contributed by atoms with E-state index in [1.54, 1.807) is 13.2 Å². The van der Waals surface area contributed by atoms with E-state index in [-0.39, 0.29) is 47.8 Å². The van der Waals surface area contributed by atoms with Gasteiger partial charge in [-0.25, -0.2) is 9.00 Å². The number of carbonyl (C=O) groups is 2. The Morgan fingerprint density at radius 2 is 2.04 bits per heavy atom. The Morgan fingerprint density at radius 3 is 2.80 bits per heavy atom. The first-order valence-corrected chi connectivity index (χ1v) is 19.4. The van der Waals surface area contributed by atoms with E-state index in [2.05, 4.69) is 44.3 Å². The predicted octanol–water partition coefficient (Wildman–Crippen LogP) is 6.14. The molecule has 0 aromatic heterocycles. The molecule has 1 saturated carbocycles. The third kappa shape index (κ3) is 6.80. The first-order valence-electron chi connectivity index (χ1n) is 17.3. The molecule has 2 aliphatic carbocycles. The number of methoxy groups -OCH3 is 1. The minimum absolute atomic E-state index is 0.000162. The smallest absolute Gasteiger partial charge is 0.329 e. The topological polar surface area (TPSA) is 124 Å². The Hall–Kier alpha value is -3.59. The van der Waals surface area contributed by atoms with E-state index >= 15 is 0 Å². The number of nitrogens with zero attached hydrogens (tertiary/aromatic N) is 4. The number of rotatable bonds is 2. The van der Waals surface area contributed by atoms with Crippen LogP contribution in [0.5, 0.6) is 5.75 Å². The number of nitriles is 1. The third-order valence-corrected chi connectivity index (χ3v) is 13.3. The second kappa shape index (κ2) is 13.6. The van der Waals surface area contributed by atoms with Gasteiger partial charge in [0.1, 0.15) is 15.7 Å². The Labute approximate surface area is 294 Å². The highest BCUT2D eigenvalue weighted by Crippen LogP contribution is 2.47. The maximum Gasteiger partial charge on any atom is 0.329 e. The van der Waals surface area contributed by atoms with Gasteiger partial charge < -0.3 is 19.3 Å². The quantitative estimate of drug-likeness (QED) is 0.373. The zero-order valence-electron chi connectivity index (χ0n) is 28.1. The second-order valence-corrected chi connectivity index (χ2v) is 17.0. The molecule has 49 heavy (non-hydrogen) atoms. The Balaban J connectivity index is 1.28. The third-order valence-electron chi connectivity index (χ3n) is 11.1. The zero-order chi connectivity index (χ0) is 34.3. The number of amides is 3. The Morgan fingerprint density at radius 1 is 1.20 bits per heavy atom. The summed E-state index contributed by atoms with van der Waals surface area (Å²) in [6.45, 7) is 4.43. The minimum atomic E-state index is -3.51. The molecule has 10 nitrogen and oxygen atoms in total. The Kier molecular flexibility index (Phi) is 9.41. The van der Waals surface area contributed by atoms with Crippen molar-refractivity contribution in [2.75, 3.05) is 50.5 Å². The molecule has 260 valence electrons. The molecule has 2 bridgehead atoms. The van der Waals surface area contributed by atoms with Crippen LogP contribution in [-0.4, -0.2) is 72.8 Å². The first-order chi connectivity index (χ1) is 23.6. The van der Waals surface area contributed by atoms with Gasteiger partial charge in [-0.05, 0) is 97.7 Å². The highest BCUT2D eigenvalue weighted by molar-refractivity contribution is 7.92. The average molecular weight is 706 g/mol. The number of allylic oxidation sites excluding steroid dienone is 1. The second-order valence-electron chi connectivity index (χ2n) is 14.6. The van der Waals surface area contributed by atoms with Crippen molar-refractivity contribution >= 4 is 39.1 Å². The summed E-state index contributed by atoms with van der Waals surface area (Å²) in [5.74, 6) is 0.364. The van der Waals surface area contributed by atoms with Crippen molar-refractivity contribution in [1.29, 1.82) is 5.26 Å². The predicted molar refractivity (Wildman–Crippen MR) is 189 cm³/mol. The van der Waals surface area contributed by atoms with Gasteiger partial charge >= 0.3 is 6.03 Å². The number of aryl methyl sites for hydroxylation is 1. The van der Waals surface area contributed by atoms with Crippen molar-refractivity contribution in [3.05, 3.63) is 70.3 Å². The number of nitrogens with one attached hydrogen (secondary N) is 1. The van der Waals surface area contributed by atoms with E-state index < -0.39 is 21.9 Å². The normalized spacial score (nSPS) is 32.2. The molecule has 3 heterocycles. The molecule has 7 rings (SSSR count). The van der Waals surface area contributed by atoms with Gasteiger partial charge in [0.15, 0.2) is 0 Å². The number of ether oxygens (including phenoxy) is 2. The zero-order valence-corrected chi connectivity index (χ0v) is 29.7. The van der Waals surface area contributed by atoms with Gasteiger partial charge in [0.05, 0.1) is 36.1 Å². The summed E-state index contributed by atoms with van der Waals surface area (Å²) in [6, 6.07) is 13.1. The van der Waals surface area contributed by atoms with Crippen LogP contribution in [-0.2, 0) is 26.5 Å². The molecule has 0 radical (unpaired) electrons. The molecule has 0 unspecified atom stereocenters. The molecular weight excluding hydrogens is 662 g/mol. The van der Waals surface area contributed by atoms with Crippen LogP contribution in [0.15, 0.2) is 52.9 Å². The molecule has 5 aliphatic rings. The van der Waals surface area contributed by atoms with Gasteiger partial charge in [-0.15, -0.1) is 4.36 Å². The molecule has 1 saturated heterocycles. The molecule has 1 N–H and O–H groups in total. The molecule has 3 amide bonds. The lowest BCUT2D eigenvalue weighted by Gasteiger charge is -2.46. The summed E-state index contributed by atoms with van der Waals surface area (Å²) in [6.07, 6.45) is 9.82. The Bertz CT molecular complexity index is 1830. The lowest BCUT2D eigenvalue weighted by atomic mass is 9.68. The number of halogens is 1. The van der Waals surface area contributed by atoms with Gasteiger partial charge in [0.2, 0.25) is 0 Å². The number of hydrogen-bond acceptors (Lipinski definition) is 7. The molecule has 2 aromatic carbocycles. The van der Waals surface area contributed by atoms with E-state index in [4.69, 9.17) is 26.3 Å². The molecular formula is C37H44ClN5O5S. The SMILES string of the molecule is CO[C@H]1/C=C/C[C@H](C)C[S@@](=O)(NC(=O)N2CC(C#N)C2)=NC(=O)c2ccc3c(c2)N(C[C@@H]2CC[C@H]21)C[C@@]1(CCCc2cc(Cl)ccc21)CO3. The summed E-state index contributed by atoms with van der Waals surface area (Å²) in [5, 5.41) is 9.90. The van der Waals surface area contributed by atoms with Crippen LogP contribution < -0.4 is 14.4 Å². The highest BCUT2D eigenvalue weighted by atomic mass is 35.5. The lowest BCUT2D eigenvalue weighted by molar-refractivity contribution is 0.0131. The van der Waals surface area contributed by atoms with E-state index in [9.17, 15) is 13.8 Å². The summed E-state index contributed by atoms with van der Waals surface area (Å²) in [7, 11) is -1.75. The van der Waals surface area contributed by atoms with E-state index in [1.165, 1.54) is 16.0 Å². The fraction of sp³-hybridized carbons (Fsp3) is 0.541. The molecule has 1 spiro atoms. The minimum Gasteiger partial charge on any atom is -0.490 e. The van der Waals surface area contributed by atoms with Crippen LogP contribution in [0.4, 0.5) is 10.5 Å². The lowest BCUT2D eigenvalue weighted by Crippen LogP contribution is -2.54. The first kappa shape index (κ1) is 33.9. The van der Waals surface area contributed by atoms with Gasteiger partial charge in [-0.1, -0.05) is 36.7 Å². The monoisotopic (exact) mass is 705 g/mol. The van der Waals surface area contributed by atoms with Crippen molar-refractivity contribution in [3.63, 3.8) is 0 Å². The summed E-state index contributed by atoms with van der Waals surface area (Å²) in [5.41, 5.74) is 3.37. The van der Waals surface area contributed by atoms with Gasteiger partial charge in [0, 0.05) is 49.3 Å². The number of fused-ring (bicyclic) bond motifs is 4. The number of carbonyl (C=O) groups excluding carboxylic acids is 2. The van der Waals surface area contributed by atoms with Gasteiger partial charge in [0.25, 0.3) is 5.91 Å². The average Bonchev–Trinajstić information content (AvgIpc) is 3.18. The van der Waals surface area contributed by atoms with Crippen LogP contribution >= 0.6 is 11.6 Å². The molecule has 2 aromatic rings. The number of hydrogen-bond donors (Lipinski definition) is 1. The molecule has 3 aliphatic heterocycles. The van der Waals surface area contributed by atoms with Crippen LogP contribution in [0.2, 0.25) is 5.02 Å². The number of anilines is 1. The molecule has 2 fully saturated rings. The summed E-state index contributed by atoms with van der Waals surface area (Å²) in [4.78, 5) is 30.8. The largest absolute Gasteiger partial charge is 0.490 e. The number of likely N-dealkylation sites (tertiary alicyclic amines) is 1. The van der Waals surface area contributed by atoms with Crippen molar-refractivity contribution in [2.24, 2.45) is 28.0 Å². The van der Waals surface area contributed by atoms with Gasteiger partial charge in [-0.3, -0.25) is 9.52 Å². The number of benzene rings is 2. The maximum atomic E-state index is 14.4. The van der Waals surface area contributed by atoms with Crippen LogP contribution in [0.1, 0.15) is 60.5 Å². The fourth-order valence-corrected chi connectivity index (χ4v) is 10.4.